The maximum Gasteiger partial charge on any atom is 0.248 e. The van der Waals surface area contributed by atoms with Crippen LogP contribution in [-0.4, -0.2) is 5.91 Å². The van der Waals surface area contributed by atoms with Crippen molar-refractivity contribution in [1.82, 2.24) is 0 Å². The maximum absolute atomic E-state index is 11.9. The van der Waals surface area contributed by atoms with Gasteiger partial charge in [-0.2, -0.15) is 0 Å². The summed E-state index contributed by atoms with van der Waals surface area (Å²) < 4.78 is 0. The Hall–Kier alpha value is -2.06. The number of halogens is 1. The van der Waals surface area contributed by atoms with Crippen molar-refractivity contribution >= 4 is 29.3 Å². The molecule has 0 aliphatic rings. The molecule has 0 spiro atoms. The van der Waals surface area contributed by atoms with Crippen molar-refractivity contribution in [2.24, 2.45) is 0 Å². The number of hydrogen-bond acceptors (Lipinski definition) is 1. The molecule has 0 radical (unpaired) electrons. The van der Waals surface area contributed by atoms with Crippen LogP contribution in [0.1, 0.15) is 37.3 Å². The molecular formula is C19H20ClNO. The molecule has 1 unspecified atom stereocenters. The molecule has 1 N–H and O–H groups in total. The van der Waals surface area contributed by atoms with Gasteiger partial charge in [-0.1, -0.05) is 49.7 Å². The molecule has 0 saturated carbocycles. The van der Waals surface area contributed by atoms with Crippen molar-refractivity contribution in [3.63, 3.8) is 0 Å². The SMILES string of the molecule is CCC(C)c1ccc(NC(=O)/C=C/c2cccc(Cl)c2)cc1. The minimum Gasteiger partial charge on any atom is -0.323 e. The second-order valence-electron chi connectivity index (χ2n) is 5.31. The standard InChI is InChI=1S/C19H20ClNO/c1-3-14(2)16-8-10-18(11-9-16)21-19(22)12-7-15-5-4-6-17(20)13-15/h4-14H,3H2,1-2H3,(H,21,22)/b12-7+. The average Bonchev–Trinajstić information content (AvgIpc) is 2.53. The maximum atomic E-state index is 11.9. The molecule has 0 bridgehead atoms. The number of anilines is 1. The summed E-state index contributed by atoms with van der Waals surface area (Å²) in [7, 11) is 0. The van der Waals surface area contributed by atoms with E-state index in [9.17, 15) is 4.79 Å². The number of benzene rings is 2. The molecule has 0 aliphatic heterocycles. The molecule has 0 saturated heterocycles. The van der Waals surface area contributed by atoms with Gasteiger partial charge in [0.1, 0.15) is 0 Å². The lowest BCUT2D eigenvalue weighted by Gasteiger charge is -2.09. The Bertz CT molecular complexity index is 661. The Morgan fingerprint density at radius 2 is 1.95 bits per heavy atom. The Balaban J connectivity index is 1.97. The first-order chi connectivity index (χ1) is 10.6. The Morgan fingerprint density at radius 3 is 2.59 bits per heavy atom. The van der Waals surface area contributed by atoms with Crippen LogP contribution in [0.4, 0.5) is 5.69 Å². The molecule has 3 heteroatoms. The summed E-state index contributed by atoms with van der Waals surface area (Å²) in [6.07, 6.45) is 4.36. The first kappa shape index (κ1) is 16.3. The number of hydrogen-bond donors (Lipinski definition) is 1. The topological polar surface area (TPSA) is 29.1 Å². The summed E-state index contributed by atoms with van der Waals surface area (Å²) >= 11 is 5.91. The molecule has 2 nitrogen and oxygen atoms in total. The van der Waals surface area contributed by atoms with Crippen LogP contribution in [0.5, 0.6) is 0 Å². The number of carbonyl (C=O) groups is 1. The zero-order valence-electron chi connectivity index (χ0n) is 12.8. The van der Waals surface area contributed by atoms with E-state index >= 15 is 0 Å². The highest BCUT2D eigenvalue weighted by Crippen LogP contribution is 2.20. The van der Waals surface area contributed by atoms with E-state index in [-0.39, 0.29) is 5.91 Å². The van der Waals surface area contributed by atoms with E-state index in [1.54, 1.807) is 12.1 Å². The third kappa shape index (κ3) is 4.74. The Labute approximate surface area is 136 Å². The van der Waals surface area contributed by atoms with Crippen molar-refractivity contribution in [3.8, 4) is 0 Å². The van der Waals surface area contributed by atoms with Gasteiger partial charge in [0.15, 0.2) is 0 Å². The summed E-state index contributed by atoms with van der Waals surface area (Å²) in [5, 5.41) is 3.51. The summed E-state index contributed by atoms with van der Waals surface area (Å²) in [4.78, 5) is 11.9. The van der Waals surface area contributed by atoms with Crippen LogP contribution in [0.3, 0.4) is 0 Å². The third-order valence-corrected chi connectivity index (χ3v) is 3.87. The minimum absolute atomic E-state index is 0.156. The van der Waals surface area contributed by atoms with Gasteiger partial charge in [0.05, 0.1) is 0 Å². The van der Waals surface area contributed by atoms with Crippen LogP contribution in [0, 0.1) is 0 Å². The van der Waals surface area contributed by atoms with E-state index in [2.05, 4.69) is 31.3 Å². The van der Waals surface area contributed by atoms with Gasteiger partial charge in [-0.25, -0.2) is 0 Å². The van der Waals surface area contributed by atoms with Crippen LogP contribution in [0.15, 0.2) is 54.6 Å². The molecule has 0 fully saturated rings. The zero-order valence-corrected chi connectivity index (χ0v) is 13.6. The van der Waals surface area contributed by atoms with Crippen LogP contribution in [0.2, 0.25) is 5.02 Å². The van der Waals surface area contributed by atoms with Gasteiger partial charge < -0.3 is 5.32 Å². The molecule has 0 aromatic heterocycles. The van der Waals surface area contributed by atoms with Crippen molar-refractivity contribution in [2.75, 3.05) is 5.32 Å². The minimum atomic E-state index is -0.156. The quantitative estimate of drug-likeness (QED) is 0.725. The second kappa shape index (κ2) is 7.81. The molecule has 1 atom stereocenters. The smallest absolute Gasteiger partial charge is 0.248 e. The van der Waals surface area contributed by atoms with Crippen molar-refractivity contribution in [2.45, 2.75) is 26.2 Å². The first-order valence-electron chi connectivity index (χ1n) is 7.43. The van der Waals surface area contributed by atoms with Crippen LogP contribution in [-0.2, 0) is 4.79 Å². The molecule has 114 valence electrons. The van der Waals surface area contributed by atoms with Gasteiger partial charge in [-0.05, 0) is 53.8 Å². The summed E-state index contributed by atoms with van der Waals surface area (Å²) in [5.41, 5.74) is 2.98. The molecule has 2 rings (SSSR count). The number of nitrogens with one attached hydrogen (secondary N) is 1. The van der Waals surface area contributed by atoms with E-state index in [4.69, 9.17) is 11.6 Å². The predicted molar refractivity (Wildman–Crippen MR) is 94.3 cm³/mol. The van der Waals surface area contributed by atoms with Gasteiger partial charge in [0.25, 0.3) is 0 Å². The largest absolute Gasteiger partial charge is 0.323 e. The van der Waals surface area contributed by atoms with Gasteiger partial charge in [0, 0.05) is 16.8 Å². The lowest BCUT2D eigenvalue weighted by Crippen LogP contribution is -2.07. The zero-order chi connectivity index (χ0) is 15.9. The van der Waals surface area contributed by atoms with Gasteiger partial charge in [0.2, 0.25) is 5.91 Å². The number of rotatable bonds is 5. The highest BCUT2D eigenvalue weighted by Gasteiger charge is 2.03. The number of amides is 1. The summed E-state index contributed by atoms with van der Waals surface area (Å²) in [6.45, 7) is 4.36. The molecule has 2 aromatic carbocycles. The normalized spacial score (nSPS) is 12.3. The van der Waals surface area contributed by atoms with Gasteiger partial charge in [-0.3, -0.25) is 4.79 Å². The van der Waals surface area contributed by atoms with Crippen molar-refractivity contribution in [3.05, 3.63) is 70.8 Å². The summed E-state index contributed by atoms with van der Waals surface area (Å²) in [6, 6.07) is 15.4. The fraction of sp³-hybridized carbons (Fsp3) is 0.211. The monoisotopic (exact) mass is 313 g/mol. The van der Waals surface area contributed by atoms with Gasteiger partial charge in [-0.15, -0.1) is 0 Å². The van der Waals surface area contributed by atoms with E-state index < -0.39 is 0 Å². The molecule has 22 heavy (non-hydrogen) atoms. The second-order valence-corrected chi connectivity index (χ2v) is 5.75. The van der Waals surface area contributed by atoms with Gasteiger partial charge >= 0.3 is 0 Å². The molecule has 0 heterocycles. The third-order valence-electron chi connectivity index (χ3n) is 3.64. The van der Waals surface area contributed by atoms with Crippen molar-refractivity contribution < 1.29 is 4.79 Å². The highest BCUT2D eigenvalue weighted by atomic mass is 35.5. The lowest BCUT2D eigenvalue weighted by atomic mass is 9.99. The van der Waals surface area contributed by atoms with Crippen LogP contribution < -0.4 is 5.32 Å². The molecule has 2 aromatic rings. The van der Waals surface area contributed by atoms with Crippen LogP contribution >= 0.6 is 11.6 Å². The average molecular weight is 314 g/mol. The molecular weight excluding hydrogens is 294 g/mol. The predicted octanol–water partition coefficient (Wildman–Crippen LogP) is 5.51. The fourth-order valence-corrected chi connectivity index (χ4v) is 2.30. The van der Waals surface area contributed by atoms with E-state index in [0.29, 0.717) is 10.9 Å². The van der Waals surface area contributed by atoms with E-state index in [1.165, 1.54) is 11.6 Å². The summed E-state index contributed by atoms with van der Waals surface area (Å²) in [5.74, 6) is 0.378. The highest BCUT2D eigenvalue weighted by molar-refractivity contribution is 6.30. The van der Waals surface area contributed by atoms with E-state index in [1.807, 2.05) is 30.3 Å². The van der Waals surface area contributed by atoms with Crippen LogP contribution in [0.25, 0.3) is 6.08 Å². The fourth-order valence-electron chi connectivity index (χ4n) is 2.10. The molecule has 0 aliphatic carbocycles. The molecule has 1 amide bonds. The van der Waals surface area contributed by atoms with E-state index in [0.717, 1.165) is 17.7 Å². The Morgan fingerprint density at radius 1 is 1.23 bits per heavy atom. The number of carbonyl (C=O) groups excluding carboxylic acids is 1. The Kier molecular flexibility index (Phi) is 5.79. The lowest BCUT2D eigenvalue weighted by molar-refractivity contribution is -0.111. The van der Waals surface area contributed by atoms with Crippen molar-refractivity contribution in [1.29, 1.82) is 0 Å². The first-order valence-corrected chi connectivity index (χ1v) is 7.81.